The first kappa shape index (κ1) is 22.4. The monoisotopic (exact) mass is 460 g/mol. The van der Waals surface area contributed by atoms with Crippen LogP contribution in [0.15, 0.2) is 46.2 Å². The molecule has 0 bridgehead atoms. The summed E-state index contributed by atoms with van der Waals surface area (Å²) in [5.41, 5.74) is 0.510. The van der Waals surface area contributed by atoms with Crippen LogP contribution in [0.4, 0.5) is 0 Å². The molecule has 1 saturated heterocycles. The highest BCUT2D eigenvalue weighted by Crippen LogP contribution is 2.62. The summed E-state index contributed by atoms with van der Waals surface area (Å²) in [4.78, 5) is 0.450. The molecule has 2 atom stereocenters. The lowest BCUT2D eigenvalue weighted by Gasteiger charge is -2.35. The van der Waals surface area contributed by atoms with Crippen LogP contribution >= 0.6 is 0 Å². The molecule has 0 spiro atoms. The van der Waals surface area contributed by atoms with Gasteiger partial charge in [0.25, 0.3) is 0 Å². The summed E-state index contributed by atoms with van der Waals surface area (Å²) in [6.45, 7) is 16.3. The predicted molar refractivity (Wildman–Crippen MR) is 123 cm³/mol. The fourth-order valence-electron chi connectivity index (χ4n) is 4.20. The van der Waals surface area contributed by atoms with E-state index in [-0.39, 0.29) is 21.3 Å². The molecule has 0 saturated carbocycles. The van der Waals surface area contributed by atoms with E-state index >= 15 is 0 Å². The van der Waals surface area contributed by atoms with Crippen molar-refractivity contribution in [3.05, 3.63) is 47.5 Å². The zero-order valence-electron chi connectivity index (χ0n) is 19.6. The molecule has 2 aromatic carbocycles. The van der Waals surface area contributed by atoms with E-state index in [1.165, 1.54) is 0 Å². The van der Waals surface area contributed by atoms with Crippen LogP contribution in [0.1, 0.15) is 58.8 Å². The van der Waals surface area contributed by atoms with E-state index in [2.05, 4.69) is 20.8 Å². The molecule has 0 radical (unpaired) electrons. The third kappa shape index (κ3) is 3.51. The highest BCUT2D eigenvalue weighted by Gasteiger charge is 2.67. The Morgan fingerprint density at radius 3 is 2.35 bits per heavy atom. The van der Waals surface area contributed by atoms with Gasteiger partial charge in [-0.05, 0) is 69.1 Å². The molecule has 31 heavy (non-hydrogen) atoms. The van der Waals surface area contributed by atoms with Crippen molar-refractivity contribution in [3.63, 3.8) is 0 Å². The molecule has 2 aliphatic rings. The first-order valence-electron chi connectivity index (χ1n) is 10.7. The van der Waals surface area contributed by atoms with E-state index in [1.54, 1.807) is 30.3 Å². The van der Waals surface area contributed by atoms with Crippen LogP contribution in [0.2, 0.25) is 13.1 Å². The van der Waals surface area contributed by atoms with Gasteiger partial charge in [-0.1, -0.05) is 32.9 Å². The van der Waals surface area contributed by atoms with Gasteiger partial charge >= 0.3 is 0 Å². The molecule has 4 rings (SSSR count). The molecule has 7 heteroatoms. The van der Waals surface area contributed by atoms with Crippen molar-refractivity contribution in [2.45, 2.75) is 87.1 Å². The smallest absolute Gasteiger partial charge is 0.229 e. The number of ether oxygens (including phenoxy) is 2. The van der Waals surface area contributed by atoms with Gasteiger partial charge in [0.2, 0.25) is 18.9 Å². The summed E-state index contributed by atoms with van der Waals surface area (Å²) >= 11 is 0. The summed E-state index contributed by atoms with van der Waals surface area (Å²) in [5, 5.41) is 0. The van der Waals surface area contributed by atoms with E-state index in [9.17, 15) is 8.42 Å². The summed E-state index contributed by atoms with van der Waals surface area (Å²) in [6, 6.07) is 10.5. The number of fused-ring (bicyclic) bond motifs is 3. The number of hydrogen-bond acceptors (Lipinski definition) is 5. The van der Waals surface area contributed by atoms with E-state index < -0.39 is 30.1 Å². The average molecular weight is 461 g/mol. The van der Waals surface area contributed by atoms with Gasteiger partial charge in [-0.2, -0.15) is 0 Å². The SMILES string of the molecule is C[SiH](C)Oc1c(C(C)(C)C)cccc1S(=O)(=O)c1ccc2c(c1)[C@@H]1O[C@]1(C)C(C)(C)O2. The zero-order chi connectivity index (χ0) is 23.0. The second-order valence-corrected chi connectivity index (χ2v) is 14.7. The van der Waals surface area contributed by atoms with Crippen molar-refractivity contribution in [3.8, 4) is 11.5 Å². The molecule has 2 heterocycles. The second kappa shape index (κ2) is 6.83. The van der Waals surface area contributed by atoms with Crippen molar-refractivity contribution in [1.82, 2.24) is 0 Å². The Kier molecular flexibility index (Phi) is 4.93. The van der Waals surface area contributed by atoms with Crippen LogP contribution < -0.4 is 9.16 Å². The maximum atomic E-state index is 13.8. The van der Waals surface area contributed by atoms with Gasteiger partial charge in [0, 0.05) is 5.56 Å². The van der Waals surface area contributed by atoms with Crippen LogP contribution in [-0.2, 0) is 20.0 Å². The highest BCUT2D eigenvalue weighted by atomic mass is 32.2. The van der Waals surface area contributed by atoms with Crippen LogP contribution in [0.25, 0.3) is 0 Å². The Morgan fingerprint density at radius 2 is 1.74 bits per heavy atom. The minimum atomic E-state index is -3.80. The minimum Gasteiger partial charge on any atom is -0.546 e. The van der Waals surface area contributed by atoms with Gasteiger partial charge < -0.3 is 13.9 Å². The lowest BCUT2D eigenvalue weighted by molar-refractivity contribution is 0.0241. The first-order chi connectivity index (χ1) is 14.2. The van der Waals surface area contributed by atoms with E-state index in [4.69, 9.17) is 13.9 Å². The van der Waals surface area contributed by atoms with Crippen molar-refractivity contribution in [1.29, 1.82) is 0 Å². The molecule has 168 valence electrons. The molecule has 1 fully saturated rings. The number of para-hydroxylation sites is 1. The maximum Gasteiger partial charge on any atom is 0.229 e. The fraction of sp³-hybridized carbons (Fsp3) is 0.500. The van der Waals surface area contributed by atoms with Crippen LogP contribution in [0.5, 0.6) is 11.5 Å². The largest absolute Gasteiger partial charge is 0.546 e. The Morgan fingerprint density at radius 1 is 1.06 bits per heavy atom. The standard InChI is InChI=1S/C24H32O5SSi/c1-22(2,3)17-10-9-11-19(20(17)29-31(7)8)30(25,26)15-12-13-18-16(14-15)21-24(6,28-21)23(4,5)27-18/h9-14,21,31H,1-8H3/t21-,24-/m0/s1. The molecule has 0 unspecified atom stereocenters. The number of epoxide rings is 1. The Balaban J connectivity index is 1.84. The van der Waals surface area contributed by atoms with E-state index in [1.807, 2.05) is 39.9 Å². The van der Waals surface area contributed by atoms with Crippen molar-refractivity contribution >= 4 is 18.9 Å². The van der Waals surface area contributed by atoms with Crippen molar-refractivity contribution in [2.24, 2.45) is 0 Å². The number of benzene rings is 2. The lowest BCUT2D eigenvalue weighted by atomic mass is 9.84. The summed E-state index contributed by atoms with van der Waals surface area (Å²) in [6.07, 6.45) is -0.166. The van der Waals surface area contributed by atoms with Crippen LogP contribution in [-0.4, -0.2) is 28.7 Å². The van der Waals surface area contributed by atoms with Gasteiger partial charge in [-0.3, -0.25) is 0 Å². The topological polar surface area (TPSA) is 65.1 Å². The summed E-state index contributed by atoms with van der Waals surface area (Å²) in [7, 11) is -5.34. The van der Waals surface area contributed by atoms with E-state index in [0.29, 0.717) is 11.5 Å². The van der Waals surface area contributed by atoms with Gasteiger partial charge in [-0.15, -0.1) is 0 Å². The van der Waals surface area contributed by atoms with Crippen molar-refractivity contribution in [2.75, 3.05) is 0 Å². The summed E-state index contributed by atoms with van der Waals surface area (Å²) in [5.74, 6) is 1.16. The quantitative estimate of drug-likeness (QED) is 0.465. The third-order valence-corrected chi connectivity index (χ3v) is 8.85. The molecular formula is C24H32O5SSi. The van der Waals surface area contributed by atoms with E-state index in [0.717, 1.165) is 11.1 Å². The molecule has 2 aromatic rings. The normalized spacial score (nSPS) is 24.2. The van der Waals surface area contributed by atoms with Crippen LogP contribution in [0, 0.1) is 0 Å². The molecule has 0 aliphatic carbocycles. The first-order valence-corrected chi connectivity index (χ1v) is 15.0. The Hall–Kier alpha value is -1.83. The van der Waals surface area contributed by atoms with Crippen LogP contribution in [0.3, 0.4) is 0 Å². The number of rotatable bonds is 4. The lowest BCUT2D eigenvalue weighted by Crippen LogP contribution is -2.45. The number of hydrogen-bond donors (Lipinski definition) is 0. The molecule has 0 N–H and O–H groups in total. The Bertz CT molecular complexity index is 1150. The van der Waals surface area contributed by atoms with Gasteiger partial charge in [0.1, 0.15) is 33.7 Å². The third-order valence-electron chi connectivity index (χ3n) is 6.37. The van der Waals surface area contributed by atoms with Crippen molar-refractivity contribution < 1.29 is 22.3 Å². The van der Waals surface area contributed by atoms with Gasteiger partial charge in [0.05, 0.1) is 4.90 Å². The fourth-order valence-corrected chi connectivity index (χ4v) is 6.45. The minimum absolute atomic E-state index is 0.166. The predicted octanol–water partition coefficient (Wildman–Crippen LogP) is 5.18. The Labute approximate surface area is 187 Å². The average Bonchev–Trinajstić information content (AvgIpc) is 3.34. The molecule has 0 amide bonds. The second-order valence-electron chi connectivity index (χ2n) is 10.5. The number of sulfone groups is 1. The van der Waals surface area contributed by atoms with Gasteiger partial charge in [0.15, 0.2) is 0 Å². The summed E-state index contributed by atoms with van der Waals surface area (Å²) < 4.78 is 45.9. The molecule has 0 aromatic heterocycles. The molecular weight excluding hydrogens is 428 g/mol. The zero-order valence-corrected chi connectivity index (χ0v) is 21.5. The highest BCUT2D eigenvalue weighted by molar-refractivity contribution is 7.91. The van der Waals surface area contributed by atoms with Gasteiger partial charge in [-0.25, -0.2) is 8.42 Å². The maximum absolute atomic E-state index is 13.8. The molecule has 5 nitrogen and oxygen atoms in total. The molecule has 2 aliphatic heterocycles.